The number of anilines is 3. The van der Waals surface area contributed by atoms with Crippen LogP contribution in [0.15, 0.2) is 23.1 Å². The maximum Gasteiger partial charge on any atom is 0.225 e. The molecule has 0 radical (unpaired) electrons. The van der Waals surface area contributed by atoms with Gasteiger partial charge in [-0.1, -0.05) is 11.6 Å². The first kappa shape index (κ1) is 12.7. The maximum atomic E-state index is 5.93. The highest BCUT2D eigenvalue weighted by Gasteiger charge is 2.04. The van der Waals surface area contributed by atoms with Gasteiger partial charge < -0.3 is 17.2 Å². The van der Waals surface area contributed by atoms with Gasteiger partial charge in [-0.15, -0.1) is 11.8 Å². The first-order valence-electron chi connectivity index (χ1n) is 4.98. The van der Waals surface area contributed by atoms with Crippen LogP contribution in [-0.4, -0.2) is 15.0 Å². The van der Waals surface area contributed by atoms with E-state index in [1.807, 2.05) is 6.07 Å². The second-order valence-corrected chi connectivity index (χ2v) is 4.90. The van der Waals surface area contributed by atoms with Gasteiger partial charge in [-0.25, -0.2) is 0 Å². The van der Waals surface area contributed by atoms with Gasteiger partial charge in [0.05, 0.1) is 16.5 Å². The topological polar surface area (TPSA) is 117 Å². The Morgan fingerprint density at radius 1 is 1.06 bits per heavy atom. The van der Waals surface area contributed by atoms with E-state index < -0.39 is 0 Å². The number of halogens is 1. The van der Waals surface area contributed by atoms with Gasteiger partial charge in [0.25, 0.3) is 0 Å². The average molecular weight is 283 g/mol. The number of rotatable bonds is 3. The van der Waals surface area contributed by atoms with Crippen LogP contribution >= 0.6 is 23.4 Å². The monoisotopic (exact) mass is 282 g/mol. The van der Waals surface area contributed by atoms with Crippen molar-refractivity contribution in [3.8, 4) is 0 Å². The Labute approximate surface area is 113 Å². The summed E-state index contributed by atoms with van der Waals surface area (Å²) in [5.41, 5.74) is 17.1. The van der Waals surface area contributed by atoms with Gasteiger partial charge in [0.2, 0.25) is 11.9 Å². The van der Waals surface area contributed by atoms with E-state index >= 15 is 0 Å². The van der Waals surface area contributed by atoms with Crippen molar-refractivity contribution < 1.29 is 0 Å². The highest BCUT2D eigenvalue weighted by atomic mass is 35.5. The third-order valence-corrected chi connectivity index (χ3v) is 3.37. The van der Waals surface area contributed by atoms with Crippen LogP contribution in [0.1, 0.15) is 5.82 Å². The number of hydrogen-bond donors (Lipinski definition) is 3. The Balaban J connectivity index is 2.08. The Kier molecular flexibility index (Phi) is 3.73. The van der Waals surface area contributed by atoms with Crippen LogP contribution in [0.2, 0.25) is 5.02 Å². The highest BCUT2D eigenvalue weighted by Crippen LogP contribution is 2.27. The Bertz CT molecular complexity index is 556. The van der Waals surface area contributed by atoms with E-state index in [0.717, 1.165) is 4.90 Å². The lowest BCUT2D eigenvalue weighted by atomic mass is 10.3. The Morgan fingerprint density at radius 3 is 2.33 bits per heavy atom. The minimum atomic E-state index is 0.119. The van der Waals surface area contributed by atoms with Crippen molar-refractivity contribution in [1.29, 1.82) is 0 Å². The van der Waals surface area contributed by atoms with Gasteiger partial charge in [-0.2, -0.15) is 15.0 Å². The molecule has 1 heterocycles. The molecule has 0 fully saturated rings. The van der Waals surface area contributed by atoms with Crippen LogP contribution in [0, 0.1) is 0 Å². The maximum absolute atomic E-state index is 5.93. The molecule has 2 rings (SSSR count). The summed E-state index contributed by atoms with van der Waals surface area (Å²) in [6.45, 7) is 0. The zero-order valence-electron chi connectivity index (χ0n) is 9.30. The quantitative estimate of drug-likeness (QED) is 0.578. The molecule has 6 nitrogen and oxygen atoms in total. The van der Waals surface area contributed by atoms with Crippen LogP contribution in [0.5, 0.6) is 0 Å². The van der Waals surface area contributed by atoms with Crippen molar-refractivity contribution in [3.63, 3.8) is 0 Å². The summed E-state index contributed by atoms with van der Waals surface area (Å²) in [5, 5.41) is 0.523. The zero-order valence-corrected chi connectivity index (χ0v) is 10.9. The summed E-state index contributed by atoms with van der Waals surface area (Å²) in [7, 11) is 0. The van der Waals surface area contributed by atoms with Gasteiger partial charge in [-0.3, -0.25) is 0 Å². The van der Waals surface area contributed by atoms with E-state index in [-0.39, 0.29) is 11.9 Å². The number of hydrogen-bond acceptors (Lipinski definition) is 7. The molecule has 0 aliphatic heterocycles. The summed E-state index contributed by atoms with van der Waals surface area (Å²) < 4.78 is 0. The molecule has 8 heteroatoms. The lowest BCUT2D eigenvalue weighted by Crippen LogP contribution is -2.05. The fourth-order valence-electron chi connectivity index (χ4n) is 1.27. The molecule has 0 aliphatic rings. The smallest absolute Gasteiger partial charge is 0.225 e. The van der Waals surface area contributed by atoms with Gasteiger partial charge in [0, 0.05) is 4.90 Å². The highest BCUT2D eigenvalue weighted by molar-refractivity contribution is 7.98. The lowest BCUT2D eigenvalue weighted by molar-refractivity contribution is 0.988. The predicted molar refractivity (Wildman–Crippen MR) is 74.1 cm³/mol. The number of aromatic nitrogens is 3. The van der Waals surface area contributed by atoms with Crippen LogP contribution in [0.3, 0.4) is 0 Å². The van der Waals surface area contributed by atoms with E-state index in [9.17, 15) is 0 Å². The molecule has 0 amide bonds. The molecule has 0 spiro atoms. The van der Waals surface area contributed by atoms with Crippen LogP contribution in [0.25, 0.3) is 0 Å². The van der Waals surface area contributed by atoms with Gasteiger partial charge in [0.15, 0.2) is 0 Å². The van der Waals surface area contributed by atoms with Crippen LogP contribution in [-0.2, 0) is 5.75 Å². The number of nitrogen functional groups attached to an aromatic ring is 3. The fourth-order valence-corrected chi connectivity index (χ4v) is 2.30. The average Bonchev–Trinajstić information content (AvgIpc) is 2.29. The van der Waals surface area contributed by atoms with Crippen molar-refractivity contribution >= 4 is 40.9 Å². The van der Waals surface area contributed by atoms with E-state index in [2.05, 4.69) is 15.0 Å². The molecular weight excluding hydrogens is 272 g/mol. The SMILES string of the molecule is Nc1nc(N)nc(CSc2ccc(N)c(Cl)c2)n1. The number of nitrogens with two attached hydrogens (primary N) is 3. The van der Waals surface area contributed by atoms with Crippen molar-refractivity contribution in [2.45, 2.75) is 10.6 Å². The van der Waals surface area contributed by atoms with Crippen molar-refractivity contribution in [2.75, 3.05) is 17.2 Å². The fraction of sp³-hybridized carbons (Fsp3) is 0.100. The third-order valence-electron chi connectivity index (χ3n) is 2.06. The van der Waals surface area contributed by atoms with Crippen LogP contribution in [0.4, 0.5) is 17.6 Å². The molecule has 1 aromatic heterocycles. The molecule has 94 valence electrons. The third kappa shape index (κ3) is 3.14. The largest absolute Gasteiger partial charge is 0.398 e. The van der Waals surface area contributed by atoms with Gasteiger partial charge >= 0.3 is 0 Å². The zero-order chi connectivity index (χ0) is 13.1. The van der Waals surface area contributed by atoms with E-state index in [1.54, 1.807) is 12.1 Å². The summed E-state index contributed by atoms with van der Waals surface area (Å²) in [4.78, 5) is 12.6. The minimum absolute atomic E-state index is 0.119. The molecule has 0 atom stereocenters. The van der Waals surface area contributed by atoms with Crippen LogP contribution < -0.4 is 17.2 Å². The molecule has 2 aromatic rings. The first-order valence-corrected chi connectivity index (χ1v) is 6.34. The van der Waals surface area contributed by atoms with Crippen molar-refractivity contribution in [2.24, 2.45) is 0 Å². The molecule has 0 saturated heterocycles. The number of thioether (sulfide) groups is 1. The number of benzene rings is 1. The summed E-state index contributed by atoms with van der Waals surface area (Å²) >= 11 is 7.44. The van der Waals surface area contributed by atoms with Gasteiger partial charge in [-0.05, 0) is 18.2 Å². The molecule has 6 N–H and O–H groups in total. The summed E-state index contributed by atoms with van der Waals surface area (Å²) in [6, 6.07) is 5.41. The Morgan fingerprint density at radius 2 is 1.72 bits per heavy atom. The molecule has 18 heavy (non-hydrogen) atoms. The first-order chi connectivity index (χ1) is 8.54. The Hall–Kier alpha value is -1.73. The van der Waals surface area contributed by atoms with E-state index in [0.29, 0.717) is 22.3 Å². The van der Waals surface area contributed by atoms with E-state index in [4.69, 9.17) is 28.8 Å². The molecule has 0 bridgehead atoms. The van der Waals surface area contributed by atoms with E-state index in [1.165, 1.54) is 11.8 Å². The predicted octanol–water partition coefficient (Wildman–Crippen LogP) is 1.56. The summed E-state index contributed by atoms with van der Waals surface area (Å²) in [6.07, 6.45) is 0. The molecule has 1 aromatic carbocycles. The van der Waals surface area contributed by atoms with Crippen molar-refractivity contribution in [3.05, 3.63) is 29.0 Å². The normalized spacial score (nSPS) is 10.5. The summed E-state index contributed by atoms with van der Waals surface area (Å²) in [5.74, 6) is 1.29. The number of nitrogens with zero attached hydrogens (tertiary/aromatic N) is 3. The molecule has 0 saturated carbocycles. The second kappa shape index (κ2) is 5.28. The molecule has 0 aliphatic carbocycles. The van der Waals surface area contributed by atoms with Crippen molar-refractivity contribution in [1.82, 2.24) is 15.0 Å². The second-order valence-electron chi connectivity index (χ2n) is 3.44. The lowest BCUT2D eigenvalue weighted by Gasteiger charge is -2.04. The standard InChI is InChI=1S/C10H11ClN6S/c11-6-3-5(1-2-7(6)12)18-4-8-15-9(13)17-10(14)16-8/h1-3H,4,12H2,(H4,13,14,15,16,17). The van der Waals surface area contributed by atoms with Gasteiger partial charge in [0.1, 0.15) is 5.82 Å². The molecular formula is C10H11ClN6S. The molecule has 0 unspecified atom stereocenters. The minimum Gasteiger partial charge on any atom is -0.398 e.